The third kappa shape index (κ3) is 2.56. The fourth-order valence-corrected chi connectivity index (χ4v) is 1.42. The molecule has 0 bridgehead atoms. The molecule has 1 heterocycles. The van der Waals surface area contributed by atoms with Gasteiger partial charge in [-0.2, -0.15) is 0 Å². The minimum absolute atomic E-state index is 0.0785. The van der Waals surface area contributed by atoms with Crippen LogP contribution >= 0.6 is 0 Å². The van der Waals surface area contributed by atoms with E-state index in [4.69, 9.17) is 4.74 Å². The monoisotopic (exact) mass is 184 g/mol. The summed E-state index contributed by atoms with van der Waals surface area (Å²) in [6, 6.07) is 0. The highest BCUT2D eigenvalue weighted by atomic mass is 16.6. The van der Waals surface area contributed by atoms with E-state index in [-0.39, 0.29) is 18.0 Å². The zero-order valence-electron chi connectivity index (χ0n) is 8.28. The van der Waals surface area contributed by atoms with E-state index >= 15 is 0 Å². The SMILES string of the molecule is CC(C)=CC(O)C1CC(C)C(=O)O1. The molecule has 0 amide bonds. The summed E-state index contributed by atoms with van der Waals surface area (Å²) in [5.41, 5.74) is 1.03. The van der Waals surface area contributed by atoms with E-state index in [1.54, 1.807) is 6.08 Å². The predicted octanol–water partition coefficient (Wildman–Crippen LogP) is 1.27. The van der Waals surface area contributed by atoms with Crippen molar-refractivity contribution in [3.05, 3.63) is 11.6 Å². The van der Waals surface area contributed by atoms with Crippen LogP contribution in [-0.4, -0.2) is 23.3 Å². The first-order valence-corrected chi connectivity index (χ1v) is 4.54. The van der Waals surface area contributed by atoms with Gasteiger partial charge in [-0.15, -0.1) is 0 Å². The number of rotatable bonds is 2. The second kappa shape index (κ2) is 3.92. The summed E-state index contributed by atoms with van der Waals surface area (Å²) in [7, 11) is 0. The van der Waals surface area contributed by atoms with Gasteiger partial charge in [0.2, 0.25) is 0 Å². The van der Waals surface area contributed by atoms with E-state index < -0.39 is 6.10 Å². The number of aliphatic hydroxyl groups excluding tert-OH is 1. The van der Waals surface area contributed by atoms with Crippen LogP contribution in [0, 0.1) is 5.92 Å². The van der Waals surface area contributed by atoms with Gasteiger partial charge in [0.15, 0.2) is 0 Å². The quantitative estimate of drug-likeness (QED) is 0.519. The van der Waals surface area contributed by atoms with Crippen molar-refractivity contribution < 1.29 is 14.6 Å². The highest BCUT2D eigenvalue weighted by molar-refractivity contribution is 5.74. The lowest BCUT2D eigenvalue weighted by molar-refractivity contribution is -0.146. The van der Waals surface area contributed by atoms with Gasteiger partial charge in [0.25, 0.3) is 0 Å². The maximum atomic E-state index is 11.0. The summed E-state index contributed by atoms with van der Waals surface area (Å²) >= 11 is 0. The Morgan fingerprint density at radius 2 is 2.31 bits per heavy atom. The Labute approximate surface area is 78.4 Å². The largest absolute Gasteiger partial charge is 0.459 e. The van der Waals surface area contributed by atoms with E-state index in [1.807, 2.05) is 20.8 Å². The van der Waals surface area contributed by atoms with Gasteiger partial charge in [0, 0.05) is 6.42 Å². The molecule has 3 nitrogen and oxygen atoms in total. The van der Waals surface area contributed by atoms with Crippen molar-refractivity contribution in [1.29, 1.82) is 0 Å². The number of cyclic esters (lactones) is 1. The Morgan fingerprint density at radius 3 is 2.69 bits per heavy atom. The molecule has 0 saturated carbocycles. The van der Waals surface area contributed by atoms with E-state index in [0.717, 1.165) is 5.57 Å². The van der Waals surface area contributed by atoms with Crippen molar-refractivity contribution in [2.75, 3.05) is 0 Å². The number of aliphatic hydroxyl groups is 1. The molecule has 1 fully saturated rings. The number of hydrogen-bond donors (Lipinski definition) is 1. The van der Waals surface area contributed by atoms with Gasteiger partial charge >= 0.3 is 5.97 Å². The zero-order valence-corrected chi connectivity index (χ0v) is 8.28. The number of ether oxygens (including phenoxy) is 1. The topological polar surface area (TPSA) is 46.5 Å². The molecule has 13 heavy (non-hydrogen) atoms. The summed E-state index contributed by atoms with van der Waals surface area (Å²) in [6.07, 6.45) is 1.33. The summed E-state index contributed by atoms with van der Waals surface area (Å²) < 4.78 is 5.00. The smallest absolute Gasteiger partial charge is 0.309 e. The van der Waals surface area contributed by atoms with Gasteiger partial charge in [0.05, 0.1) is 5.92 Å². The van der Waals surface area contributed by atoms with E-state index in [9.17, 15) is 9.90 Å². The molecule has 3 unspecified atom stereocenters. The molecular formula is C10H16O3. The average Bonchev–Trinajstić information content (AvgIpc) is 2.31. The normalized spacial score (nSPS) is 29.7. The van der Waals surface area contributed by atoms with Gasteiger partial charge < -0.3 is 9.84 Å². The molecule has 0 spiro atoms. The molecule has 1 aliphatic rings. The highest BCUT2D eigenvalue weighted by Gasteiger charge is 2.34. The zero-order chi connectivity index (χ0) is 10.0. The van der Waals surface area contributed by atoms with Crippen LogP contribution in [0.15, 0.2) is 11.6 Å². The summed E-state index contributed by atoms with van der Waals surface area (Å²) in [4.78, 5) is 11.0. The third-order valence-corrected chi connectivity index (χ3v) is 2.14. The van der Waals surface area contributed by atoms with E-state index in [0.29, 0.717) is 6.42 Å². The van der Waals surface area contributed by atoms with Gasteiger partial charge in [-0.3, -0.25) is 4.79 Å². The van der Waals surface area contributed by atoms with Crippen LogP contribution in [-0.2, 0) is 9.53 Å². The van der Waals surface area contributed by atoms with Crippen LogP contribution in [0.4, 0.5) is 0 Å². The van der Waals surface area contributed by atoms with Crippen LogP contribution < -0.4 is 0 Å². The van der Waals surface area contributed by atoms with Gasteiger partial charge in [-0.05, 0) is 13.8 Å². The molecule has 3 heteroatoms. The van der Waals surface area contributed by atoms with Crippen LogP contribution in [0.3, 0.4) is 0 Å². The minimum Gasteiger partial charge on any atom is -0.459 e. The van der Waals surface area contributed by atoms with Crippen molar-refractivity contribution in [1.82, 2.24) is 0 Å². The summed E-state index contributed by atoms with van der Waals surface area (Å²) in [6.45, 7) is 5.63. The van der Waals surface area contributed by atoms with Crippen LogP contribution in [0.2, 0.25) is 0 Å². The lowest BCUT2D eigenvalue weighted by Gasteiger charge is -2.13. The van der Waals surface area contributed by atoms with Crippen molar-refractivity contribution in [3.8, 4) is 0 Å². The van der Waals surface area contributed by atoms with E-state index in [1.165, 1.54) is 0 Å². The number of carbonyl (C=O) groups is 1. The van der Waals surface area contributed by atoms with Gasteiger partial charge in [-0.1, -0.05) is 18.6 Å². The molecule has 74 valence electrons. The summed E-state index contributed by atoms with van der Waals surface area (Å²) in [5, 5.41) is 9.60. The lowest BCUT2D eigenvalue weighted by Crippen LogP contribution is -2.23. The molecule has 0 aromatic heterocycles. The molecule has 0 aliphatic carbocycles. The van der Waals surface area contributed by atoms with Crippen molar-refractivity contribution in [3.63, 3.8) is 0 Å². The molecule has 0 aromatic rings. The molecule has 1 aliphatic heterocycles. The molecule has 1 saturated heterocycles. The number of esters is 1. The molecule has 1 rings (SSSR count). The highest BCUT2D eigenvalue weighted by Crippen LogP contribution is 2.23. The van der Waals surface area contributed by atoms with Crippen LogP contribution in [0.5, 0.6) is 0 Å². The molecule has 3 atom stereocenters. The van der Waals surface area contributed by atoms with Crippen LogP contribution in [0.25, 0.3) is 0 Å². The lowest BCUT2D eigenvalue weighted by atomic mass is 10.0. The third-order valence-electron chi connectivity index (χ3n) is 2.14. The molecule has 1 N–H and O–H groups in total. The first-order chi connectivity index (χ1) is 6.00. The van der Waals surface area contributed by atoms with E-state index in [2.05, 4.69) is 0 Å². The maximum absolute atomic E-state index is 11.0. The fraction of sp³-hybridized carbons (Fsp3) is 0.700. The number of hydrogen-bond acceptors (Lipinski definition) is 3. The Kier molecular flexibility index (Phi) is 3.09. The van der Waals surface area contributed by atoms with Crippen molar-refractivity contribution in [2.45, 2.75) is 39.4 Å². The minimum atomic E-state index is -0.654. The standard InChI is InChI=1S/C10H16O3/c1-6(2)4-8(11)9-5-7(3)10(12)13-9/h4,7-9,11H,5H2,1-3H3. The van der Waals surface area contributed by atoms with Gasteiger partial charge in [-0.25, -0.2) is 0 Å². The summed E-state index contributed by atoms with van der Waals surface area (Å²) in [5.74, 6) is -0.281. The predicted molar refractivity (Wildman–Crippen MR) is 49.1 cm³/mol. The number of carbonyl (C=O) groups excluding carboxylic acids is 1. The van der Waals surface area contributed by atoms with Gasteiger partial charge in [0.1, 0.15) is 12.2 Å². The van der Waals surface area contributed by atoms with Crippen molar-refractivity contribution >= 4 is 5.97 Å². The Balaban J connectivity index is 2.56. The molecular weight excluding hydrogens is 168 g/mol. The average molecular weight is 184 g/mol. The van der Waals surface area contributed by atoms with Crippen LogP contribution in [0.1, 0.15) is 27.2 Å². The Hall–Kier alpha value is -0.830. The second-order valence-corrected chi connectivity index (χ2v) is 3.85. The molecule has 0 aromatic carbocycles. The number of allylic oxidation sites excluding steroid dienone is 1. The Morgan fingerprint density at radius 1 is 1.69 bits per heavy atom. The molecule has 0 radical (unpaired) electrons. The first-order valence-electron chi connectivity index (χ1n) is 4.54. The Bertz CT molecular complexity index is 228. The van der Waals surface area contributed by atoms with Crippen molar-refractivity contribution in [2.24, 2.45) is 5.92 Å². The maximum Gasteiger partial charge on any atom is 0.309 e. The second-order valence-electron chi connectivity index (χ2n) is 3.85. The fourth-order valence-electron chi connectivity index (χ4n) is 1.42. The first kappa shape index (κ1) is 10.3.